The van der Waals surface area contributed by atoms with Gasteiger partial charge in [0.25, 0.3) is 0 Å². The van der Waals surface area contributed by atoms with Crippen molar-refractivity contribution in [2.45, 2.75) is 44.8 Å². The number of amides is 1. The molecular weight excluding hydrogens is 302 g/mol. The maximum absolute atomic E-state index is 13.0. The highest BCUT2D eigenvalue weighted by molar-refractivity contribution is 5.98. The number of aliphatic hydroxyl groups is 1. The van der Waals surface area contributed by atoms with E-state index in [1.807, 2.05) is 24.0 Å². The van der Waals surface area contributed by atoms with Crippen LogP contribution in [0, 0.1) is 17.2 Å². The molecule has 5 nitrogen and oxygen atoms in total. The summed E-state index contributed by atoms with van der Waals surface area (Å²) >= 11 is 0. The van der Waals surface area contributed by atoms with Crippen molar-refractivity contribution in [3.05, 3.63) is 29.8 Å². The van der Waals surface area contributed by atoms with Gasteiger partial charge in [0.15, 0.2) is 0 Å². The fraction of sp³-hybridized carbons (Fsp3) is 0.579. The quantitative estimate of drug-likeness (QED) is 0.924. The number of benzene rings is 1. The fourth-order valence-corrected chi connectivity index (χ4v) is 3.88. The highest BCUT2D eigenvalue weighted by Crippen LogP contribution is 2.28. The minimum atomic E-state index is -0.318. The first-order valence-corrected chi connectivity index (χ1v) is 8.84. The molecule has 0 aliphatic carbocycles. The van der Waals surface area contributed by atoms with E-state index in [1.54, 1.807) is 12.1 Å². The largest absolute Gasteiger partial charge is 0.393 e. The third kappa shape index (κ3) is 3.45. The molecule has 1 aromatic carbocycles. The molecule has 24 heavy (non-hydrogen) atoms. The first kappa shape index (κ1) is 16.9. The molecule has 2 heterocycles. The van der Waals surface area contributed by atoms with Crippen molar-refractivity contribution in [1.29, 1.82) is 5.26 Å². The van der Waals surface area contributed by atoms with Gasteiger partial charge in [-0.1, -0.05) is 0 Å². The summed E-state index contributed by atoms with van der Waals surface area (Å²) in [6.07, 6.45) is 3.62. The van der Waals surface area contributed by atoms with Crippen LogP contribution in [0.3, 0.4) is 0 Å². The van der Waals surface area contributed by atoms with Crippen molar-refractivity contribution in [2.24, 2.45) is 5.92 Å². The normalized spacial score (nSPS) is 26.9. The summed E-state index contributed by atoms with van der Waals surface area (Å²) in [4.78, 5) is 17.1. The number of carbonyl (C=O) groups excluding carboxylic acids is 1. The lowest BCUT2D eigenvalue weighted by atomic mass is 9.90. The lowest BCUT2D eigenvalue weighted by Gasteiger charge is -2.42. The Morgan fingerprint density at radius 1 is 1.21 bits per heavy atom. The molecule has 1 N–H and O–H groups in total. The van der Waals surface area contributed by atoms with Gasteiger partial charge in [-0.05, 0) is 69.3 Å². The monoisotopic (exact) mass is 327 g/mol. The first-order chi connectivity index (χ1) is 11.6. The van der Waals surface area contributed by atoms with Crippen LogP contribution in [0.15, 0.2) is 24.3 Å². The zero-order valence-corrected chi connectivity index (χ0v) is 14.2. The van der Waals surface area contributed by atoms with Crippen LogP contribution >= 0.6 is 0 Å². The zero-order chi connectivity index (χ0) is 17.1. The van der Waals surface area contributed by atoms with Crippen LogP contribution in [0.25, 0.3) is 0 Å². The number of carbonyl (C=O) groups is 1. The van der Waals surface area contributed by atoms with Gasteiger partial charge in [0, 0.05) is 18.8 Å². The van der Waals surface area contributed by atoms with Crippen molar-refractivity contribution < 1.29 is 9.90 Å². The number of hydrogen-bond acceptors (Lipinski definition) is 4. The molecule has 2 saturated heterocycles. The molecule has 0 spiro atoms. The van der Waals surface area contributed by atoms with E-state index in [1.165, 1.54) is 0 Å². The minimum Gasteiger partial charge on any atom is -0.393 e. The number of rotatable bonds is 3. The summed E-state index contributed by atoms with van der Waals surface area (Å²) in [5, 5.41) is 18.8. The Hall–Kier alpha value is -1.90. The van der Waals surface area contributed by atoms with E-state index in [4.69, 9.17) is 5.26 Å². The van der Waals surface area contributed by atoms with E-state index < -0.39 is 0 Å². The number of nitrogens with zero attached hydrogens (tertiary/aromatic N) is 3. The average molecular weight is 327 g/mol. The Labute approximate surface area is 143 Å². The van der Waals surface area contributed by atoms with Gasteiger partial charge in [-0.3, -0.25) is 9.69 Å². The Morgan fingerprint density at radius 3 is 2.58 bits per heavy atom. The smallest absolute Gasteiger partial charge is 0.244 e. The molecule has 0 aromatic heterocycles. The molecule has 3 atom stereocenters. The SMILES string of the molecule is C[C@H](O)[C@@H]1CCCN([C@@H]2CCCN(c3ccc(C#N)cc3)C2=O)C1. The zero-order valence-electron chi connectivity index (χ0n) is 14.2. The summed E-state index contributed by atoms with van der Waals surface area (Å²) < 4.78 is 0. The third-order valence-corrected chi connectivity index (χ3v) is 5.33. The molecular formula is C19H25N3O2. The van der Waals surface area contributed by atoms with Crippen molar-refractivity contribution in [3.63, 3.8) is 0 Å². The van der Waals surface area contributed by atoms with Gasteiger partial charge in [0.1, 0.15) is 0 Å². The summed E-state index contributed by atoms with van der Waals surface area (Å²) in [7, 11) is 0. The molecule has 2 aliphatic heterocycles. The lowest BCUT2D eigenvalue weighted by molar-refractivity contribution is -0.126. The maximum Gasteiger partial charge on any atom is 0.244 e. The molecule has 1 aromatic rings. The summed E-state index contributed by atoms with van der Waals surface area (Å²) in [5.41, 5.74) is 1.48. The van der Waals surface area contributed by atoms with Crippen molar-refractivity contribution >= 4 is 11.6 Å². The number of likely N-dealkylation sites (tertiary alicyclic amines) is 1. The highest BCUT2D eigenvalue weighted by Gasteiger charge is 2.36. The van der Waals surface area contributed by atoms with E-state index in [-0.39, 0.29) is 24.0 Å². The third-order valence-electron chi connectivity index (χ3n) is 5.33. The predicted octanol–water partition coefficient (Wildman–Crippen LogP) is 2.15. The lowest BCUT2D eigenvalue weighted by Crippen LogP contribution is -2.55. The Bertz CT molecular complexity index is 620. The van der Waals surface area contributed by atoms with Gasteiger partial charge in [-0.2, -0.15) is 5.26 Å². The number of anilines is 1. The molecule has 2 aliphatic rings. The van der Waals surface area contributed by atoms with Gasteiger partial charge in [-0.25, -0.2) is 0 Å². The van der Waals surface area contributed by atoms with Crippen LogP contribution in [0.4, 0.5) is 5.69 Å². The second-order valence-electron chi connectivity index (χ2n) is 6.94. The predicted molar refractivity (Wildman–Crippen MR) is 92.5 cm³/mol. The highest BCUT2D eigenvalue weighted by atomic mass is 16.3. The number of aliphatic hydroxyl groups excluding tert-OH is 1. The molecule has 3 rings (SSSR count). The molecule has 0 saturated carbocycles. The van der Waals surface area contributed by atoms with Crippen LogP contribution < -0.4 is 4.90 Å². The van der Waals surface area contributed by atoms with Gasteiger partial charge in [0.05, 0.1) is 23.8 Å². The Kier molecular flexibility index (Phi) is 5.17. The van der Waals surface area contributed by atoms with Gasteiger partial charge >= 0.3 is 0 Å². The van der Waals surface area contributed by atoms with E-state index in [0.29, 0.717) is 5.56 Å². The minimum absolute atomic E-state index is 0.0871. The second-order valence-corrected chi connectivity index (χ2v) is 6.94. The molecule has 2 fully saturated rings. The number of hydrogen-bond donors (Lipinski definition) is 1. The fourth-order valence-electron chi connectivity index (χ4n) is 3.88. The standard InChI is InChI=1S/C19H25N3O2/c1-14(23)16-4-2-10-21(13-16)18-5-3-11-22(19(18)24)17-8-6-15(12-20)7-9-17/h6-9,14,16,18,23H,2-5,10-11,13H2,1H3/t14-,16+,18+/m0/s1. The van der Waals surface area contributed by atoms with E-state index in [9.17, 15) is 9.90 Å². The molecule has 0 bridgehead atoms. The number of nitriles is 1. The molecule has 128 valence electrons. The molecule has 5 heteroatoms. The summed E-state index contributed by atoms with van der Waals surface area (Å²) in [6.45, 7) is 4.31. The van der Waals surface area contributed by atoms with E-state index in [0.717, 1.165) is 51.0 Å². The van der Waals surface area contributed by atoms with Gasteiger partial charge < -0.3 is 10.0 Å². The van der Waals surface area contributed by atoms with E-state index >= 15 is 0 Å². The van der Waals surface area contributed by atoms with Crippen LogP contribution in [-0.2, 0) is 4.79 Å². The molecule has 0 unspecified atom stereocenters. The number of piperidine rings is 2. The first-order valence-electron chi connectivity index (χ1n) is 8.84. The van der Waals surface area contributed by atoms with Crippen molar-refractivity contribution in [2.75, 3.05) is 24.5 Å². The van der Waals surface area contributed by atoms with Crippen LogP contribution in [0.1, 0.15) is 38.2 Å². The maximum atomic E-state index is 13.0. The van der Waals surface area contributed by atoms with Crippen molar-refractivity contribution in [1.82, 2.24) is 4.90 Å². The summed E-state index contributed by atoms with van der Waals surface area (Å²) in [6, 6.07) is 9.25. The molecule has 1 amide bonds. The van der Waals surface area contributed by atoms with E-state index in [2.05, 4.69) is 11.0 Å². The van der Waals surface area contributed by atoms with Gasteiger partial charge in [-0.15, -0.1) is 0 Å². The van der Waals surface area contributed by atoms with Crippen molar-refractivity contribution in [3.8, 4) is 6.07 Å². The molecule has 0 radical (unpaired) electrons. The Balaban J connectivity index is 1.73. The van der Waals surface area contributed by atoms with Crippen LogP contribution in [-0.4, -0.2) is 47.7 Å². The second kappa shape index (κ2) is 7.33. The topological polar surface area (TPSA) is 67.6 Å². The summed E-state index contributed by atoms with van der Waals surface area (Å²) in [5.74, 6) is 0.411. The van der Waals surface area contributed by atoms with Gasteiger partial charge in [0.2, 0.25) is 5.91 Å². The van der Waals surface area contributed by atoms with Crippen LogP contribution in [0.2, 0.25) is 0 Å². The average Bonchev–Trinajstić information content (AvgIpc) is 2.62. The van der Waals surface area contributed by atoms with Crippen LogP contribution in [0.5, 0.6) is 0 Å². The Morgan fingerprint density at radius 2 is 1.92 bits per heavy atom.